The van der Waals surface area contributed by atoms with Crippen LogP contribution in [0, 0.1) is 0 Å². The molecule has 3 aromatic heterocycles. The van der Waals surface area contributed by atoms with Gasteiger partial charge >= 0.3 is 0 Å². The van der Waals surface area contributed by atoms with Crippen LogP contribution in [0.2, 0.25) is 5.28 Å². The van der Waals surface area contributed by atoms with Crippen molar-refractivity contribution in [1.29, 1.82) is 0 Å². The highest BCUT2D eigenvalue weighted by molar-refractivity contribution is 6.28. The number of carbonyl (C=O) groups excluding carboxylic acids is 1. The van der Waals surface area contributed by atoms with Gasteiger partial charge in [0.2, 0.25) is 5.28 Å². The molecule has 0 saturated carbocycles. The van der Waals surface area contributed by atoms with E-state index in [2.05, 4.69) is 25.0 Å². The summed E-state index contributed by atoms with van der Waals surface area (Å²) in [5.41, 5.74) is 6.26. The summed E-state index contributed by atoms with van der Waals surface area (Å²) in [6.45, 7) is 0. The van der Waals surface area contributed by atoms with E-state index in [1.807, 2.05) is 0 Å². The third-order valence-electron chi connectivity index (χ3n) is 2.30. The highest BCUT2D eigenvalue weighted by Crippen LogP contribution is 2.17. The summed E-state index contributed by atoms with van der Waals surface area (Å²) in [5, 5.41) is 4.04. The molecule has 0 fully saturated rings. The average molecular weight is 264 g/mol. The summed E-state index contributed by atoms with van der Waals surface area (Å²) < 4.78 is 1.38. The molecular formula is C9H6ClN7O. The highest BCUT2D eigenvalue weighted by atomic mass is 35.5. The van der Waals surface area contributed by atoms with Crippen molar-refractivity contribution in [1.82, 2.24) is 29.7 Å². The largest absolute Gasteiger partial charge is 0.364 e. The molecule has 0 aliphatic carbocycles. The summed E-state index contributed by atoms with van der Waals surface area (Å²) in [5.74, 6) is -0.218. The van der Waals surface area contributed by atoms with Crippen LogP contribution in [0.1, 0.15) is 10.5 Å². The van der Waals surface area contributed by atoms with Gasteiger partial charge in [-0.15, -0.1) is 0 Å². The lowest BCUT2D eigenvalue weighted by Crippen LogP contribution is -2.12. The zero-order valence-corrected chi connectivity index (χ0v) is 9.59. The second kappa shape index (κ2) is 3.77. The minimum atomic E-state index is -0.616. The minimum absolute atomic E-state index is 0.0423. The molecular weight excluding hydrogens is 258 g/mol. The van der Waals surface area contributed by atoms with Crippen LogP contribution in [0.25, 0.3) is 17.0 Å². The van der Waals surface area contributed by atoms with E-state index in [1.54, 1.807) is 6.20 Å². The molecule has 0 bridgehead atoms. The molecule has 0 saturated heterocycles. The molecule has 0 aliphatic rings. The van der Waals surface area contributed by atoms with E-state index in [0.717, 1.165) is 0 Å². The van der Waals surface area contributed by atoms with Gasteiger partial charge in [0.1, 0.15) is 11.2 Å². The zero-order valence-electron chi connectivity index (χ0n) is 8.83. The highest BCUT2D eigenvalue weighted by Gasteiger charge is 2.13. The second-order valence-electron chi connectivity index (χ2n) is 3.43. The van der Waals surface area contributed by atoms with Crippen molar-refractivity contribution in [3.8, 4) is 5.82 Å². The summed E-state index contributed by atoms with van der Waals surface area (Å²) >= 11 is 5.79. The fraction of sp³-hybridized carbons (Fsp3) is 0. The predicted octanol–water partition coefficient (Wildman–Crippen LogP) is 0.291. The van der Waals surface area contributed by atoms with E-state index in [-0.39, 0.29) is 11.0 Å². The van der Waals surface area contributed by atoms with E-state index in [9.17, 15) is 4.79 Å². The third-order valence-corrected chi connectivity index (χ3v) is 2.47. The Balaban J connectivity index is 2.23. The molecule has 90 valence electrons. The summed E-state index contributed by atoms with van der Waals surface area (Å²) in [7, 11) is 0. The maximum atomic E-state index is 11.0. The van der Waals surface area contributed by atoms with Crippen molar-refractivity contribution in [3.05, 3.63) is 29.6 Å². The number of rotatable bonds is 2. The molecule has 3 N–H and O–H groups in total. The van der Waals surface area contributed by atoms with Gasteiger partial charge in [0, 0.05) is 6.20 Å². The third kappa shape index (κ3) is 1.59. The number of nitrogens with zero attached hydrogens (tertiary/aromatic N) is 5. The number of aromatic nitrogens is 6. The molecule has 9 heteroatoms. The van der Waals surface area contributed by atoms with E-state index in [0.29, 0.717) is 17.0 Å². The first-order valence-corrected chi connectivity index (χ1v) is 5.25. The number of fused-ring (bicyclic) bond motifs is 1. The molecule has 0 aromatic carbocycles. The van der Waals surface area contributed by atoms with Crippen molar-refractivity contribution in [2.45, 2.75) is 0 Å². The first-order valence-electron chi connectivity index (χ1n) is 4.87. The second-order valence-corrected chi connectivity index (χ2v) is 3.77. The normalized spacial score (nSPS) is 10.9. The van der Waals surface area contributed by atoms with Gasteiger partial charge in [-0.1, -0.05) is 0 Å². The van der Waals surface area contributed by atoms with Crippen LogP contribution in [-0.2, 0) is 0 Å². The Labute approximate surface area is 105 Å². The molecule has 18 heavy (non-hydrogen) atoms. The van der Waals surface area contributed by atoms with Crippen molar-refractivity contribution in [2.24, 2.45) is 5.73 Å². The minimum Gasteiger partial charge on any atom is -0.364 e. The number of nitrogens with two attached hydrogens (primary N) is 1. The zero-order chi connectivity index (χ0) is 12.7. The quantitative estimate of drug-likeness (QED) is 0.645. The van der Waals surface area contributed by atoms with Crippen molar-refractivity contribution in [2.75, 3.05) is 0 Å². The van der Waals surface area contributed by atoms with Gasteiger partial charge < -0.3 is 10.7 Å². The number of amides is 1. The number of primary amides is 1. The van der Waals surface area contributed by atoms with E-state index in [1.165, 1.54) is 17.1 Å². The first-order chi connectivity index (χ1) is 8.65. The lowest BCUT2D eigenvalue weighted by molar-refractivity contribution is 0.0995. The topological polar surface area (TPSA) is 115 Å². The fourth-order valence-electron chi connectivity index (χ4n) is 1.53. The maximum Gasteiger partial charge on any atom is 0.269 e. The Morgan fingerprint density at radius 1 is 1.44 bits per heavy atom. The van der Waals surface area contributed by atoms with Crippen molar-refractivity contribution in [3.63, 3.8) is 0 Å². The van der Waals surface area contributed by atoms with Crippen LogP contribution in [0.3, 0.4) is 0 Å². The molecule has 3 heterocycles. The Hall–Kier alpha value is -2.48. The SMILES string of the molecule is NC(=O)c1ccn(-c2nc(Cl)nc3nc[nH]c23)n1. The Morgan fingerprint density at radius 3 is 3.00 bits per heavy atom. The van der Waals surface area contributed by atoms with Crippen LogP contribution in [0.4, 0.5) is 0 Å². The number of aromatic amines is 1. The van der Waals surface area contributed by atoms with Gasteiger partial charge in [0.15, 0.2) is 11.5 Å². The molecule has 0 unspecified atom stereocenters. The number of hydrogen-bond acceptors (Lipinski definition) is 5. The van der Waals surface area contributed by atoms with Gasteiger partial charge in [-0.05, 0) is 17.7 Å². The van der Waals surface area contributed by atoms with E-state index in [4.69, 9.17) is 17.3 Å². The van der Waals surface area contributed by atoms with Gasteiger partial charge in [0.25, 0.3) is 5.91 Å². The molecule has 0 atom stereocenters. The standard InChI is InChI=1S/C9H6ClN7O/c10-9-14-7-5(12-3-13-7)8(15-9)17-2-1-4(16-17)6(11)18/h1-3H,(H2,11,18)(H,12,13,14,15). The van der Waals surface area contributed by atoms with Crippen LogP contribution in [-0.4, -0.2) is 35.6 Å². The van der Waals surface area contributed by atoms with E-state index >= 15 is 0 Å². The van der Waals surface area contributed by atoms with Gasteiger partial charge in [-0.3, -0.25) is 4.79 Å². The smallest absolute Gasteiger partial charge is 0.269 e. The molecule has 0 aliphatic heterocycles. The predicted molar refractivity (Wildman–Crippen MR) is 62.3 cm³/mol. The molecule has 0 spiro atoms. The fourth-order valence-corrected chi connectivity index (χ4v) is 1.69. The average Bonchev–Trinajstić information content (AvgIpc) is 2.95. The first kappa shape index (κ1) is 10.7. The summed E-state index contributed by atoms with van der Waals surface area (Å²) in [6, 6.07) is 1.49. The lowest BCUT2D eigenvalue weighted by atomic mass is 10.4. The molecule has 1 amide bonds. The van der Waals surface area contributed by atoms with Crippen LogP contribution in [0.5, 0.6) is 0 Å². The van der Waals surface area contributed by atoms with Gasteiger partial charge in [-0.25, -0.2) is 9.67 Å². The number of halogens is 1. The monoisotopic (exact) mass is 263 g/mol. The maximum absolute atomic E-state index is 11.0. The summed E-state index contributed by atoms with van der Waals surface area (Å²) in [6.07, 6.45) is 3.02. The summed E-state index contributed by atoms with van der Waals surface area (Å²) in [4.78, 5) is 25.8. The molecule has 8 nitrogen and oxygen atoms in total. The van der Waals surface area contributed by atoms with Crippen LogP contribution in [0.15, 0.2) is 18.6 Å². The number of carbonyl (C=O) groups is 1. The van der Waals surface area contributed by atoms with Crippen LogP contribution >= 0.6 is 11.6 Å². The van der Waals surface area contributed by atoms with Crippen molar-refractivity contribution < 1.29 is 4.79 Å². The molecule has 0 radical (unpaired) electrons. The number of imidazole rings is 1. The number of nitrogens with one attached hydrogen (secondary N) is 1. The number of H-pyrrole nitrogens is 1. The molecule has 3 aromatic rings. The molecule has 3 rings (SSSR count). The van der Waals surface area contributed by atoms with Crippen LogP contribution < -0.4 is 5.73 Å². The Morgan fingerprint density at radius 2 is 2.28 bits per heavy atom. The Kier molecular flexibility index (Phi) is 2.23. The Bertz CT molecular complexity index is 746. The lowest BCUT2D eigenvalue weighted by Gasteiger charge is -2.01. The van der Waals surface area contributed by atoms with Gasteiger partial charge in [0.05, 0.1) is 6.33 Å². The number of hydrogen-bond donors (Lipinski definition) is 2. The van der Waals surface area contributed by atoms with Crippen molar-refractivity contribution >= 4 is 28.7 Å². The van der Waals surface area contributed by atoms with E-state index < -0.39 is 5.91 Å². The van der Waals surface area contributed by atoms with Gasteiger partial charge in [-0.2, -0.15) is 15.1 Å².